The number of methoxy groups -OCH3 is 2. The Hall–Kier alpha value is -3.66. The smallest absolute Gasteiger partial charge is 0.243 e. The highest BCUT2D eigenvalue weighted by Gasteiger charge is 2.33. The maximum atomic E-state index is 13.0. The number of anilines is 1. The molecule has 3 aliphatic heterocycles. The molecule has 2 fully saturated rings. The number of carbonyl (C=O) groups excluding carboxylic acids is 2. The third kappa shape index (κ3) is 5.75. The second-order valence-electron chi connectivity index (χ2n) is 9.94. The van der Waals surface area contributed by atoms with Gasteiger partial charge in [-0.15, -0.1) is 0 Å². The van der Waals surface area contributed by atoms with Gasteiger partial charge in [-0.1, -0.05) is 0 Å². The van der Waals surface area contributed by atoms with Crippen molar-refractivity contribution in [2.24, 2.45) is 5.10 Å². The minimum Gasteiger partial charge on any atom is -0.493 e. The third-order valence-electron chi connectivity index (χ3n) is 7.70. The van der Waals surface area contributed by atoms with Gasteiger partial charge in [0.1, 0.15) is 0 Å². The number of aromatic nitrogens is 1. The second kappa shape index (κ2) is 11.8. The number of piperidine rings is 1. The molecule has 5 rings (SSSR count). The van der Waals surface area contributed by atoms with Crippen LogP contribution >= 0.6 is 0 Å². The molecule has 0 N–H and O–H groups in total. The highest BCUT2D eigenvalue weighted by atomic mass is 16.5. The first-order chi connectivity index (χ1) is 18.6. The fourth-order valence-corrected chi connectivity index (χ4v) is 5.45. The predicted molar refractivity (Wildman–Crippen MR) is 145 cm³/mol. The van der Waals surface area contributed by atoms with Crippen LogP contribution in [0, 0.1) is 0 Å². The topological polar surface area (TPSA) is 90.8 Å². The summed E-state index contributed by atoms with van der Waals surface area (Å²) in [5.74, 6) is 1.52. The average molecular weight is 521 g/mol. The van der Waals surface area contributed by atoms with E-state index < -0.39 is 0 Å². The van der Waals surface area contributed by atoms with Gasteiger partial charge in [0.2, 0.25) is 11.8 Å². The summed E-state index contributed by atoms with van der Waals surface area (Å²) in [4.78, 5) is 36.4. The van der Waals surface area contributed by atoms with E-state index in [1.807, 2.05) is 47.6 Å². The number of hydrogen-bond acceptors (Lipinski definition) is 8. The largest absolute Gasteiger partial charge is 0.493 e. The molecule has 0 bridgehead atoms. The number of nitrogens with zero attached hydrogens (tertiary/aromatic N) is 6. The zero-order valence-corrected chi connectivity index (χ0v) is 22.2. The van der Waals surface area contributed by atoms with Crippen molar-refractivity contribution in [2.45, 2.75) is 31.7 Å². The van der Waals surface area contributed by atoms with E-state index in [2.05, 4.69) is 14.8 Å². The number of amides is 2. The average Bonchev–Trinajstić information content (AvgIpc) is 2.98. The van der Waals surface area contributed by atoms with Gasteiger partial charge in [-0.25, -0.2) is 5.01 Å². The van der Waals surface area contributed by atoms with E-state index in [0.29, 0.717) is 44.0 Å². The summed E-state index contributed by atoms with van der Waals surface area (Å²) < 4.78 is 10.8. The molecule has 202 valence electrons. The van der Waals surface area contributed by atoms with Gasteiger partial charge in [-0.3, -0.25) is 19.5 Å². The maximum Gasteiger partial charge on any atom is 0.243 e. The van der Waals surface area contributed by atoms with E-state index >= 15 is 0 Å². The van der Waals surface area contributed by atoms with Gasteiger partial charge in [-0.2, -0.15) is 5.10 Å². The van der Waals surface area contributed by atoms with Crippen molar-refractivity contribution in [1.82, 2.24) is 19.8 Å². The van der Waals surface area contributed by atoms with E-state index in [4.69, 9.17) is 14.6 Å². The number of benzene rings is 1. The Kier molecular flexibility index (Phi) is 8.07. The third-order valence-corrected chi connectivity index (χ3v) is 7.70. The first kappa shape index (κ1) is 26.0. The Morgan fingerprint density at radius 3 is 2.32 bits per heavy atom. The lowest BCUT2D eigenvalue weighted by Gasteiger charge is -2.39. The minimum atomic E-state index is 0.00546. The van der Waals surface area contributed by atoms with Gasteiger partial charge in [0, 0.05) is 75.8 Å². The van der Waals surface area contributed by atoms with Crippen LogP contribution in [0.15, 0.2) is 47.8 Å². The molecular weight excluding hydrogens is 484 g/mol. The molecule has 1 aromatic heterocycles. The maximum absolute atomic E-state index is 13.0. The van der Waals surface area contributed by atoms with Crippen LogP contribution in [0.1, 0.15) is 31.2 Å². The number of ether oxygens (including phenoxy) is 2. The highest BCUT2D eigenvalue weighted by Crippen LogP contribution is 2.30. The van der Waals surface area contributed by atoms with Crippen LogP contribution in [0.5, 0.6) is 11.5 Å². The van der Waals surface area contributed by atoms with E-state index in [1.54, 1.807) is 19.2 Å². The quantitative estimate of drug-likeness (QED) is 0.553. The molecule has 2 aromatic rings. The Morgan fingerprint density at radius 2 is 1.63 bits per heavy atom. The molecule has 10 nitrogen and oxygen atoms in total. The standard InChI is InChI=1S/C28H36N6O4/c1-37-25-5-3-21(19-26(25)38-2)24-4-6-27(35)34(30-24)23-9-13-33(14-10-23)28(36)20-31-15-17-32(18-16-31)22-7-11-29-12-8-22/h3,5,7-8,11-12,19,23H,4,6,9-10,13-18,20H2,1-2H3. The monoisotopic (exact) mass is 520 g/mol. The normalized spacial score (nSPS) is 19.4. The van der Waals surface area contributed by atoms with Crippen LogP contribution in [0.2, 0.25) is 0 Å². The molecule has 0 spiro atoms. The lowest BCUT2D eigenvalue weighted by atomic mass is 10.0. The number of likely N-dealkylation sites (tertiary alicyclic amines) is 1. The van der Waals surface area contributed by atoms with Crippen LogP contribution in [-0.2, 0) is 9.59 Å². The predicted octanol–water partition coefficient (Wildman–Crippen LogP) is 2.24. The number of hydrogen-bond donors (Lipinski definition) is 0. The van der Waals surface area contributed by atoms with Gasteiger partial charge in [0.15, 0.2) is 11.5 Å². The van der Waals surface area contributed by atoms with E-state index in [0.717, 1.165) is 50.3 Å². The van der Waals surface area contributed by atoms with Crippen molar-refractivity contribution >= 4 is 23.2 Å². The number of carbonyl (C=O) groups is 2. The van der Waals surface area contributed by atoms with Crippen LogP contribution in [0.3, 0.4) is 0 Å². The van der Waals surface area contributed by atoms with Crippen LogP contribution in [0.4, 0.5) is 5.69 Å². The number of rotatable bonds is 7. The van der Waals surface area contributed by atoms with Crippen molar-refractivity contribution in [1.29, 1.82) is 0 Å². The molecule has 1 aromatic carbocycles. The lowest BCUT2D eigenvalue weighted by molar-refractivity contribution is -0.137. The molecule has 10 heteroatoms. The second-order valence-corrected chi connectivity index (χ2v) is 9.94. The van der Waals surface area contributed by atoms with Crippen LogP contribution in [-0.4, -0.2) is 103 Å². The number of hydrazone groups is 1. The first-order valence-corrected chi connectivity index (χ1v) is 13.3. The fourth-order valence-electron chi connectivity index (χ4n) is 5.45. The molecule has 2 amide bonds. The Bertz CT molecular complexity index is 1160. The first-order valence-electron chi connectivity index (χ1n) is 13.3. The molecule has 0 atom stereocenters. The Morgan fingerprint density at radius 1 is 0.921 bits per heavy atom. The van der Waals surface area contributed by atoms with Gasteiger partial charge in [0.05, 0.1) is 32.5 Å². The summed E-state index contributed by atoms with van der Waals surface area (Å²) in [5.41, 5.74) is 2.98. The van der Waals surface area contributed by atoms with E-state index in [9.17, 15) is 9.59 Å². The lowest BCUT2D eigenvalue weighted by Crippen LogP contribution is -2.52. The summed E-state index contributed by atoms with van der Waals surface area (Å²) in [7, 11) is 3.22. The van der Waals surface area contributed by atoms with E-state index in [-0.39, 0.29) is 17.9 Å². The van der Waals surface area contributed by atoms with Crippen molar-refractivity contribution < 1.29 is 19.1 Å². The molecular formula is C28H36N6O4. The minimum absolute atomic E-state index is 0.00546. The summed E-state index contributed by atoms with van der Waals surface area (Å²) in [6.07, 6.45) is 6.11. The number of pyridine rings is 1. The molecule has 0 saturated carbocycles. The molecule has 3 aliphatic rings. The zero-order chi connectivity index (χ0) is 26.5. The van der Waals surface area contributed by atoms with E-state index in [1.165, 1.54) is 5.69 Å². The van der Waals surface area contributed by atoms with Crippen molar-refractivity contribution in [3.05, 3.63) is 48.3 Å². The fraction of sp³-hybridized carbons (Fsp3) is 0.500. The molecule has 0 unspecified atom stereocenters. The summed E-state index contributed by atoms with van der Waals surface area (Å²) >= 11 is 0. The number of piperazine rings is 1. The SMILES string of the molecule is COc1ccc(C2=NN(C3CCN(C(=O)CN4CCN(c5ccncc5)CC4)CC3)C(=O)CC2)cc1OC. The molecule has 0 radical (unpaired) electrons. The molecule has 2 saturated heterocycles. The summed E-state index contributed by atoms with van der Waals surface area (Å²) in [5, 5.41) is 6.43. The van der Waals surface area contributed by atoms with Crippen LogP contribution < -0.4 is 14.4 Å². The molecule has 38 heavy (non-hydrogen) atoms. The van der Waals surface area contributed by atoms with Gasteiger partial charge >= 0.3 is 0 Å². The Balaban J connectivity index is 1.14. The van der Waals surface area contributed by atoms with Crippen molar-refractivity contribution in [3.63, 3.8) is 0 Å². The van der Waals surface area contributed by atoms with Crippen LogP contribution in [0.25, 0.3) is 0 Å². The molecule has 0 aliphatic carbocycles. The van der Waals surface area contributed by atoms with Gasteiger partial charge in [-0.05, 0) is 43.2 Å². The molecule has 4 heterocycles. The summed E-state index contributed by atoms with van der Waals surface area (Å²) in [6, 6.07) is 9.78. The highest BCUT2D eigenvalue weighted by molar-refractivity contribution is 6.04. The van der Waals surface area contributed by atoms with Gasteiger partial charge in [0.25, 0.3) is 0 Å². The zero-order valence-electron chi connectivity index (χ0n) is 22.2. The van der Waals surface area contributed by atoms with Crippen molar-refractivity contribution in [2.75, 3.05) is 64.9 Å². The van der Waals surface area contributed by atoms with Gasteiger partial charge < -0.3 is 19.3 Å². The Labute approximate surface area is 223 Å². The van der Waals surface area contributed by atoms with Crippen molar-refractivity contribution in [3.8, 4) is 11.5 Å². The summed E-state index contributed by atoms with van der Waals surface area (Å²) in [6.45, 7) is 5.25.